The van der Waals surface area contributed by atoms with Crippen molar-refractivity contribution < 1.29 is 19.4 Å². The van der Waals surface area contributed by atoms with E-state index in [4.69, 9.17) is 9.84 Å². The summed E-state index contributed by atoms with van der Waals surface area (Å²) in [4.78, 5) is 24.5. The Labute approximate surface area is 123 Å². The minimum atomic E-state index is -1.02. The van der Waals surface area contributed by atoms with E-state index in [9.17, 15) is 9.59 Å². The third kappa shape index (κ3) is 4.11. The minimum Gasteiger partial charge on any atom is -0.482 e. The lowest BCUT2D eigenvalue weighted by Crippen LogP contribution is -2.38. The molecule has 114 valence electrons. The fourth-order valence-corrected chi connectivity index (χ4v) is 2.50. The zero-order chi connectivity index (χ0) is 15.2. The molecule has 1 aliphatic rings. The normalized spacial score (nSPS) is 17.6. The van der Waals surface area contributed by atoms with E-state index in [-0.39, 0.29) is 12.6 Å². The molecular weight excluding hydrogens is 272 g/mol. The molecule has 1 heterocycles. The van der Waals surface area contributed by atoms with Gasteiger partial charge in [0.1, 0.15) is 5.75 Å². The first-order valence-corrected chi connectivity index (χ1v) is 7.12. The van der Waals surface area contributed by atoms with Gasteiger partial charge in [0.2, 0.25) is 0 Å². The molecule has 2 N–H and O–H groups in total. The number of ether oxygens (including phenoxy) is 1. The van der Waals surface area contributed by atoms with Gasteiger partial charge in [0.25, 0.3) is 0 Å². The van der Waals surface area contributed by atoms with Gasteiger partial charge in [0.15, 0.2) is 6.61 Å². The second-order valence-corrected chi connectivity index (χ2v) is 5.03. The van der Waals surface area contributed by atoms with Crippen LogP contribution in [0.25, 0.3) is 0 Å². The Bertz CT molecular complexity index is 501. The van der Waals surface area contributed by atoms with Gasteiger partial charge >= 0.3 is 12.0 Å². The maximum Gasteiger partial charge on any atom is 0.341 e. The molecule has 21 heavy (non-hydrogen) atoms. The summed E-state index contributed by atoms with van der Waals surface area (Å²) in [7, 11) is 0. The van der Waals surface area contributed by atoms with E-state index in [1.165, 1.54) is 0 Å². The molecule has 0 spiro atoms. The molecular formula is C15H20N2O4. The molecule has 1 unspecified atom stereocenters. The molecule has 1 saturated heterocycles. The first-order chi connectivity index (χ1) is 10.1. The number of hydrogen-bond donors (Lipinski definition) is 2. The van der Waals surface area contributed by atoms with E-state index >= 15 is 0 Å². The predicted molar refractivity (Wildman–Crippen MR) is 78.6 cm³/mol. The van der Waals surface area contributed by atoms with Crippen LogP contribution in [0.5, 0.6) is 5.75 Å². The maximum atomic E-state index is 12.2. The Morgan fingerprint density at radius 2 is 2.10 bits per heavy atom. The quantitative estimate of drug-likeness (QED) is 0.874. The summed E-state index contributed by atoms with van der Waals surface area (Å²) in [6, 6.07) is 6.92. The highest BCUT2D eigenvalue weighted by Crippen LogP contribution is 2.22. The van der Waals surface area contributed by atoms with Crippen molar-refractivity contribution in [3.8, 4) is 5.75 Å². The summed E-state index contributed by atoms with van der Waals surface area (Å²) < 4.78 is 5.04. The summed E-state index contributed by atoms with van der Waals surface area (Å²) in [5, 5.41) is 11.4. The molecule has 1 fully saturated rings. The van der Waals surface area contributed by atoms with E-state index in [0.717, 1.165) is 25.8 Å². The monoisotopic (exact) mass is 292 g/mol. The van der Waals surface area contributed by atoms with Gasteiger partial charge in [-0.1, -0.05) is 6.92 Å². The van der Waals surface area contributed by atoms with E-state index in [1.54, 1.807) is 24.3 Å². The smallest absolute Gasteiger partial charge is 0.341 e. The number of rotatable bonds is 5. The van der Waals surface area contributed by atoms with Crippen molar-refractivity contribution in [2.24, 2.45) is 0 Å². The Morgan fingerprint density at radius 1 is 1.38 bits per heavy atom. The number of carboxylic acid groups (broad SMARTS) is 1. The highest BCUT2D eigenvalue weighted by Gasteiger charge is 2.27. The van der Waals surface area contributed by atoms with Gasteiger partial charge in [0, 0.05) is 18.3 Å². The van der Waals surface area contributed by atoms with Gasteiger partial charge < -0.3 is 20.1 Å². The number of anilines is 1. The van der Waals surface area contributed by atoms with Crippen LogP contribution in [0.1, 0.15) is 26.2 Å². The topological polar surface area (TPSA) is 78.9 Å². The summed E-state index contributed by atoms with van der Waals surface area (Å²) in [5.74, 6) is -0.560. The molecule has 1 aromatic carbocycles. The number of amides is 2. The van der Waals surface area contributed by atoms with Crippen molar-refractivity contribution in [2.45, 2.75) is 32.2 Å². The maximum absolute atomic E-state index is 12.2. The van der Waals surface area contributed by atoms with Crippen LogP contribution in [0, 0.1) is 0 Å². The van der Waals surface area contributed by atoms with Crippen molar-refractivity contribution in [1.29, 1.82) is 0 Å². The van der Waals surface area contributed by atoms with Crippen LogP contribution < -0.4 is 10.1 Å². The number of hydrogen-bond acceptors (Lipinski definition) is 3. The van der Waals surface area contributed by atoms with Crippen molar-refractivity contribution in [1.82, 2.24) is 4.90 Å². The van der Waals surface area contributed by atoms with Crippen LogP contribution in [0.4, 0.5) is 10.5 Å². The molecule has 2 rings (SSSR count). The van der Waals surface area contributed by atoms with E-state index in [0.29, 0.717) is 17.5 Å². The van der Waals surface area contributed by atoms with Gasteiger partial charge in [-0.2, -0.15) is 0 Å². The van der Waals surface area contributed by atoms with E-state index < -0.39 is 5.97 Å². The number of nitrogens with one attached hydrogen (secondary N) is 1. The first-order valence-electron chi connectivity index (χ1n) is 7.12. The molecule has 1 atom stereocenters. The van der Waals surface area contributed by atoms with Gasteiger partial charge in [-0.3, -0.25) is 0 Å². The summed E-state index contributed by atoms with van der Waals surface area (Å²) in [6.45, 7) is 2.51. The largest absolute Gasteiger partial charge is 0.482 e. The summed E-state index contributed by atoms with van der Waals surface area (Å²) in [6.07, 6.45) is 3.08. The molecule has 0 radical (unpaired) electrons. The average molecular weight is 292 g/mol. The Kier molecular flexibility index (Phi) is 5.03. The lowest BCUT2D eigenvalue weighted by atomic mass is 10.2. The molecule has 0 bridgehead atoms. The molecule has 0 aromatic heterocycles. The fourth-order valence-electron chi connectivity index (χ4n) is 2.50. The molecule has 1 aliphatic heterocycles. The Hall–Kier alpha value is -2.24. The molecule has 0 aliphatic carbocycles. The van der Waals surface area contributed by atoms with Crippen LogP contribution in [0.2, 0.25) is 0 Å². The zero-order valence-electron chi connectivity index (χ0n) is 12.0. The molecule has 0 saturated carbocycles. The third-order valence-electron chi connectivity index (χ3n) is 3.58. The van der Waals surface area contributed by atoms with Crippen LogP contribution in [-0.2, 0) is 4.79 Å². The number of likely N-dealkylation sites (tertiary alicyclic amines) is 1. The number of benzene rings is 1. The second kappa shape index (κ2) is 6.97. The molecule has 2 amide bonds. The van der Waals surface area contributed by atoms with Crippen LogP contribution in [0.3, 0.4) is 0 Å². The second-order valence-electron chi connectivity index (χ2n) is 5.03. The minimum absolute atomic E-state index is 0.0847. The number of carbonyl (C=O) groups is 2. The van der Waals surface area contributed by atoms with Crippen LogP contribution in [-0.4, -0.2) is 41.2 Å². The van der Waals surface area contributed by atoms with Crippen LogP contribution in [0.15, 0.2) is 24.3 Å². The van der Waals surface area contributed by atoms with Crippen LogP contribution >= 0.6 is 0 Å². The van der Waals surface area contributed by atoms with Crippen molar-refractivity contribution in [3.63, 3.8) is 0 Å². The van der Waals surface area contributed by atoms with Gasteiger partial charge in [-0.15, -0.1) is 0 Å². The van der Waals surface area contributed by atoms with Gasteiger partial charge in [-0.25, -0.2) is 9.59 Å². The lowest BCUT2D eigenvalue weighted by Gasteiger charge is -2.23. The highest BCUT2D eigenvalue weighted by atomic mass is 16.5. The summed E-state index contributed by atoms with van der Waals surface area (Å²) >= 11 is 0. The standard InChI is InChI=1S/C15H20N2O4/c1-2-12-4-3-9-17(12)15(20)16-11-5-7-13(8-6-11)21-10-14(18)19/h5-8,12H,2-4,9-10H2,1H3,(H,16,20)(H,18,19). The van der Waals surface area contributed by atoms with E-state index in [1.807, 2.05) is 4.90 Å². The third-order valence-corrected chi connectivity index (χ3v) is 3.58. The van der Waals surface area contributed by atoms with Gasteiger partial charge in [0.05, 0.1) is 0 Å². The SMILES string of the molecule is CCC1CCCN1C(=O)Nc1ccc(OCC(=O)O)cc1. The van der Waals surface area contributed by atoms with Gasteiger partial charge in [-0.05, 0) is 43.5 Å². The number of nitrogens with zero attached hydrogens (tertiary/aromatic N) is 1. The number of carboxylic acids is 1. The van der Waals surface area contributed by atoms with Crippen molar-refractivity contribution in [3.05, 3.63) is 24.3 Å². The van der Waals surface area contributed by atoms with Crippen molar-refractivity contribution in [2.75, 3.05) is 18.5 Å². The van der Waals surface area contributed by atoms with Crippen molar-refractivity contribution >= 4 is 17.7 Å². The lowest BCUT2D eigenvalue weighted by molar-refractivity contribution is -0.139. The molecule has 6 heteroatoms. The highest BCUT2D eigenvalue weighted by molar-refractivity contribution is 5.89. The number of carbonyl (C=O) groups excluding carboxylic acids is 1. The molecule has 6 nitrogen and oxygen atoms in total. The number of aliphatic carboxylic acids is 1. The Balaban J connectivity index is 1.90. The average Bonchev–Trinajstić information content (AvgIpc) is 2.95. The predicted octanol–water partition coefficient (Wildman–Crippen LogP) is 2.56. The van der Waals surface area contributed by atoms with E-state index in [2.05, 4.69) is 12.2 Å². The summed E-state index contributed by atoms with van der Waals surface area (Å²) in [5.41, 5.74) is 0.671. The zero-order valence-corrected chi connectivity index (χ0v) is 12.0. The molecule has 1 aromatic rings. The Morgan fingerprint density at radius 3 is 2.71 bits per heavy atom. The first kappa shape index (κ1) is 15.2. The fraction of sp³-hybridized carbons (Fsp3) is 0.467. The number of urea groups is 1.